The highest BCUT2D eigenvalue weighted by molar-refractivity contribution is 9.10. The molecule has 0 unspecified atom stereocenters. The third-order valence-corrected chi connectivity index (χ3v) is 4.10. The lowest BCUT2D eigenvalue weighted by Crippen LogP contribution is -1.91. The third kappa shape index (κ3) is 2.10. The Morgan fingerprint density at radius 2 is 2.00 bits per heavy atom. The van der Waals surface area contributed by atoms with Gasteiger partial charge in [-0.15, -0.1) is 0 Å². The van der Waals surface area contributed by atoms with Crippen LogP contribution in [0.15, 0.2) is 34.8 Å². The number of aryl methyl sites for hydroxylation is 1. The van der Waals surface area contributed by atoms with Crippen LogP contribution >= 0.6 is 15.9 Å². The average Bonchev–Trinajstić information content (AvgIpc) is 2.84. The second kappa shape index (κ2) is 4.66. The molecule has 4 nitrogen and oxygen atoms in total. The molecule has 0 saturated heterocycles. The predicted molar refractivity (Wildman–Crippen MR) is 81.3 cm³/mol. The summed E-state index contributed by atoms with van der Waals surface area (Å²) in [6.07, 6.45) is 0. The molecule has 0 aliphatic rings. The Balaban J connectivity index is 2.18. The van der Waals surface area contributed by atoms with E-state index in [1.165, 1.54) is 5.56 Å². The first-order valence-corrected chi connectivity index (χ1v) is 6.78. The largest absolute Gasteiger partial charge is 0.373 e. The lowest BCUT2D eigenvalue weighted by molar-refractivity contribution is 1.27. The number of hydrogen-bond acceptors (Lipinski definition) is 3. The fourth-order valence-corrected chi connectivity index (χ4v) is 2.44. The molecule has 0 fully saturated rings. The molecule has 0 atom stereocenters. The first-order valence-electron chi connectivity index (χ1n) is 5.99. The van der Waals surface area contributed by atoms with Gasteiger partial charge >= 0.3 is 0 Å². The van der Waals surface area contributed by atoms with Crippen molar-refractivity contribution in [3.63, 3.8) is 0 Å². The minimum absolute atomic E-state index is 0.718. The molecule has 2 heterocycles. The van der Waals surface area contributed by atoms with Gasteiger partial charge in [-0.1, -0.05) is 18.2 Å². The number of nitrogens with zero attached hydrogens (tertiary/aromatic N) is 2. The standard InChI is InChI=1S/C14H13BrN4/c1-8-4-3-5-9(12(8)15)13-17-10-6-7-11(16-2)18-14(10)19-13/h3-7H,1-2H3,(H2,16,17,18,19). The average molecular weight is 317 g/mol. The summed E-state index contributed by atoms with van der Waals surface area (Å²) in [7, 11) is 1.85. The lowest BCUT2D eigenvalue weighted by Gasteiger charge is -2.03. The quantitative estimate of drug-likeness (QED) is 0.757. The monoisotopic (exact) mass is 316 g/mol. The normalized spacial score (nSPS) is 10.9. The molecule has 0 spiro atoms. The first-order chi connectivity index (χ1) is 9.19. The SMILES string of the molecule is CNc1ccc2[nH]c(-c3cccc(C)c3Br)nc2n1. The van der Waals surface area contributed by atoms with Crippen LogP contribution in [0.2, 0.25) is 0 Å². The van der Waals surface area contributed by atoms with Gasteiger partial charge in [0.2, 0.25) is 0 Å². The number of fused-ring (bicyclic) bond motifs is 1. The van der Waals surface area contributed by atoms with Crippen LogP contribution in [0.1, 0.15) is 5.56 Å². The zero-order valence-electron chi connectivity index (χ0n) is 10.7. The van der Waals surface area contributed by atoms with Crippen molar-refractivity contribution in [2.24, 2.45) is 0 Å². The number of anilines is 1. The van der Waals surface area contributed by atoms with Crippen LogP contribution in [0.5, 0.6) is 0 Å². The third-order valence-electron chi connectivity index (χ3n) is 3.05. The highest BCUT2D eigenvalue weighted by atomic mass is 79.9. The molecular weight excluding hydrogens is 304 g/mol. The van der Waals surface area contributed by atoms with Crippen LogP contribution in [0.3, 0.4) is 0 Å². The Hall–Kier alpha value is -1.88. The molecule has 0 aliphatic carbocycles. The summed E-state index contributed by atoms with van der Waals surface area (Å²) < 4.78 is 1.06. The van der Waals surface area contributed by atoms with Gasteiger partial charge in [-0.05, 0) is 40.5 Å². The van der Waals surface area contributed by atoms with Gasteiger partial charge < -0.3 is 10.3 Å². The van der Waals surface area contributed by atoms with E-state index in [1.54, 1.807) is 0 Å². The molecule has 0 aliphatic heterocycles. The van der Waals surface area contributed by atoms with Crippen molar-refractivity contribution in [3.8, 4) is 11.4 Å². The van der Waals surface area contributed by atoms with Gasteiger partial charge in [0.05, 0.1) is 5.52 Å². The molecule has 5 heteroatoms. The van der Waals surface area contributed by atoms with E-state index in [1.807, 2.05) is 31.3 Å². The van der Waals surface area contributed by atoms with Crippen molar-refractivity contribution in [2.45, 2.75) is 6.92 Å². The van der Waals surface area contributed by atoms with Gasteiger partial charge in [-0.3, -0.25) is 0 Å². The van der Waals surface area contributed by atoms with E-state index in [2.05, 4.69) is 49.2 Å². The predicted octanol–water partition coefficient (Wildman–Crippen LogP) is 3.74. The number of hydrogen-bond donors (Lipinski definition) is 2. The summed E-state index contributed by atoms with van der Waals surface area (Å²) in [5, 5.41) is 3.01. The van der Waals surface area contributed by atoms with Crippen LogP contribution in [-0.2, 0) is 0 Å². The Bertz CT molecular complexity index is 748. The molecule has 0 amide bonds. The molecule has 0 radical (unpaired) electrons. The van der Waals surface area contributed by atoms with Crippen LogP contribution < -0.4 is 5.32 Å². The summed E-state index contributed by atoms with van der Waals surface area (Å²) in [6, 6.07) is 10.0. The molecule has 96 valence electrons. The second-order valence-corrected chi connectivity index (χ2v) is 5.13. The second-order valence-electron chi connectivity index (χ2n) is 4.34. The fourth-order valence-electron chi connectivity index (χ4n) is 1.99. The van der Waals surface area contributed by atoms with E-state index < -0.39 is 0 Å². The van der Waals surface area contributed by atoms with Crippen molar-refractivity contribution in [3.05, 3.63) is 40.4 Å². The zero-order chi connectivity index (χ0) is 13.4. The summed E-state index contributed by atoms with van der Waals surface area (Å²) in [5.41, 5.74) is 3.88. The van der Waals surface area contributed by atoms with Crippen LogP contribution in [0.4, 0.5) is 5.82 Å². The molecule has 0 saturated carbocycles. The van der Waals surface area contributed by atoms with E-state index in [9.17, 15) is 0 Å². The molecule has 3 aromatic rings. The molecule has 19 heavy (non-hydrogen) atoms. The van der Waals surface area contributed by atoms with E-state index in [0.717, 1.165) is 32.8 Å². The van der Waals surface area contributed by atoms with E-state index in [-0.39, 0.29) is 0 Å². The summed E-state index contributed by atoms with van der Waals surface area (Å²) in [6.45, 7) is 2.06. The number of nitrogens with one attached hydrogen (secondary N) is 2. The van der Waals surface area contributed by atoms with Gasteiger partial charge in [0.1, 0.15) is 11.6 Å². The summed E-state index contributed by atoms with van der Waals surface area (Å²) in [5.74, 6) is 1.64. The van der Waals surface area contributed by atoms with Crippen molar-refractivity contribution >= 4 is 32.9 Å². The lowest BCUT2D eigenvalue weighted by atomic mass is 10.1. The number of rotatable bonds is 2. The van der Waals surface area contributed by atoms with Crippen molar-refractivity contribution in [1.82, 2.24) is 15.0 Å². The molecular formula is C14H13BrN4. The van der Waals surface area contributed by atoms with Gasteiger partial charge in [-0.25, -0.2) is 9.97 Å². The molecule has 1 aromatic carbocycles. The van der Waals surface area contributed by atoms with Crippen LogP contribution in [0.25, 0.3) is 22.6 Å². The number of aromatic nitrogens is 3. The Kier molecular flexibility index (Phi) is 2.98. The Labute approximate surface area is 119 Å². The summed E-state index contributed by atoms with van der Waals surface area (Å²) in [4.78, 5) is 12.3. The Morgan fingerprint density at radius 1 is 1.16 bits per heavy atom. The maximum atomic E-state index is 4.56. The minimum atomic E-state index is 0.718. The number of pyridine rings is 1. The molecule has 0 bridgehead atoms. The maximum Gasteiger partial charge on any atom is 0.180 e. The number of aromatic amines is 1. The van der Waals surface area contributed by atoms with Crippen molar-refractivity contribution in [1.29, 1.82) is 0 Å². The number of halogens is 1. The van der Waals surface area contributed by atoms with Crippen LogP contribution in [0, 0.1) is 6.92 Å². The molecule has 3 rings (SSSR count). The van der Waals surface area contributed by atoms with Crippen LogP contribution in [-0.4, -0.2) is 22.0 Å². The maximum absolute atomic E-state index is 4.56. The highest BCUT2D eigenvalue weighted by Crippen LogP contribution is 2.30. The van der Waals surface area contributed by atoms with Gasteiger partial charge in [0.25, 0.3) is 0 Å². The Morgan fingerprint density at radius 3 is 2.79 bits per heavy atom. The zero-order valence-corrected chi connectivity index (χ0v) is 12.2. The summed E-state index contributed by atoms with van der Waals surface area (Å²) >= 11 is 3.61. The molecule has 2 N–H and O–H groups in total. The van der Waals surface area contributed by atoms with Gasteiger partial charge in [0.15, 0.2) is 5.65 Å². The highest BCUT2D eigenvalue weighted by Gasteiger charge is 2.10. The number of H-pyrrole nitrogens is 1. The van der Waals surface area contributed by atoms with E-state index in [4.69, 9.17) is 0 Å². The first kappa shape index (κ1) is 12.2. The van der Waals surface area contributed by atoms with E-state index >= 15 is 0 Å². The van der Waals surface area contributed by atoms with Crippen molar-refractivity contribution < 1.29 is 0 Å². The van der Waals surface area contributed by atoms with E-state index in [0.29, 0.717) is 0 Å². The van der Waals surface area contributed by atoms with Crippen molar-refractivity contribution in [2.75, 3.05) is 12.4 Å². The number of benzene rings is 1. The van der Waals surface area contributed by atoms with Gasteiger partial charge in [-0.2, -0.15) is 0 Å². The topological polar surface area (TPSA) is 53.6 Å². The van der Waals surface area contributed by atoms with Gasteiger partial charge in [0, 0.05) is 17.1 Å². The molecule has 2 aromatic heterocycles. The number of imidazole rings is 1. The minimum Gasteiger partial charge on any atom is -0.373 e. The fraction of sp³-hybridized carbons (Fsp3) is 0.143. The smallest absolute Gasteiger partial charge is 0.180 e.